The molecule has 4 heteroatoms. The van der Waals surface area contributed by atoms with E-state index in [4.69, 9.17) is 10.5 Å². The van der Waals surface area contributed by atoms with Crippen LogP contribution < -0.4 is 10.6 Å². The fraction of sp³-hybridized carbons (Fsp3) is 0.538. The molecule has 1 fully saturated rings. The number of aliphatic hydroxyl groups is 1. The summed E-state index contributed by atoms with van der Waals surface area (Å²) < 4.78 is 5.32. The average Bonchev–Trinajstić information content (AvgIpc) is 2.40. The van der Waals surface area contributed by atoms with Gasteiger partial charge in [-0.1, -0.05) is 19.1 Å². The van der Waals surface area contributed by atoms with Gasteiger partial charge in [-0.25, -0.2) is 0 Å². The number of hydrogen-bond acceptors (Lipinski definition) is 4. The molecule has 4 nitrogen and oxygen atoms in total. The number of rotatable bonds is 3. The third kappa shape index (κ3) is 2.77. The largest absolute Gasteiger partial charge is 0.378 e. The normalized spacial score (nSPS) is 20.1. The topological polar surface area (TPSA) is 58.7 Å². The highest BCUT2D eigenvalue weighted by Crippen LogP contribution is 2.24. The summed E-state index contributed by atoms with van der Waals surface area (Å²) >= 11 is 0. The minimum atomic E-state index is -1.23. The lowest BCUT2D eigenvalue weighted by Crippen LogP contribution is -2.38. The van der Waals surface area contributed by atoms with Crippen LogP contribution in [0, 0.1) is 0 Å². The Labute approximate surface area is 102 Å². The van der Waals surface area contributed by atoms with Crippen molar-refractivity contribution in [1.29, 1.82) is 0 Å². The first-order chi connectivity index (χ1) is 8.13. The van der Waals surface area contributed by atoms with Gasteiger partial charge in [-0.05, 0) is 18.6 Å². The summed E-state index contributed by atoms with van der Waals surface area (Å²) in [5, 5.41) is 10.1. The molecule has 94 valence electrons. The van der Waals surface area contributed by atoms with E-state index in [2.05, 4.69) is 4.90 Å². The molecule has 0 bridgehead atoms. The molecule has 0 amide bonds. The smallest absolute Gasteiger partial charge is 0.139 e. The Morgan fingerprint density at radius 3 is 2.76 bits per heavy atom. The quantitative estimate of drug-likeness (QED) is 0.770. The van der Waals surface area contributed by atoms with Crippen LogP contribution in [0.3, 0.4) is 0 Å². The van der Waals surface area contributed by atoms with Crippen LogP contribution in [-0.4, -0.2) is 31.4 Å². The Kier molecular flexibility index (Phi) is 3.66. The second kappa shape index (κ2) is 5.04. The van der Waals surface area contributed by atoms with E-state index in [-0.39, 0.29) is 0 Å². The molecule has 1 aromatic rings. The molecular weight excluding hydrogens is 216 g/mol. The lowest BCUT2D eigenvalue weighted by Gasteiger charge is -2.30. The molecular formula is C13H20N2O2. The van der Waals surface area contributed by atoms with Gasteiger partial charge in [0.1, 0.15) is 5.72 Å². The zero-order valence-corrected chi connectivity index (χ0v) is 10.2. The first kappa shape index (κ1) is 12.4. The van der Waals surface area contributed by atoms with Gasteiger partial charge in [-0.2, -0.15) is 0 Å². The number of benzene rings is 1. The number of morpholine rings is 1. The summed E-state index contributed by atoms with van der Waals surface area (Å²) in [6.45, 7) is 5.16. The third-order valence-corrected chi connectivity index (χ3v) is 3.26. The highest BCUT2D eigenvalue weighted by Gasteiger charge is 2.22. The summed E-state index contributed by atoms with van der Waals surface area (Å²) in [6, 6.07) is 7.82. The maximum atomic E-state index is 10.1. The summed E-state index contributed by atoms with van der Waals surface area (Å²) in [7, 11) is 0. The fourth-order valence-corrected chi connectivity index (χ4v) is 2.00. The van der Waals surface area contributed by atoms with E-state index in [1.54, 1.807) is 0 Å². The molecule has 1 saturated heterocycles. The molecule has 1 aliphatic rings. The zero-order chi connectivity index (χ0) is 12.3. The van der Waals surface area contributed by atoms with Gasteiger partial charge in [0.05, 0.1) is 13.2 Å². The van der Waals surface area contributed by atoms with Crippen LogP contribution in [-0.2, 0) is 10.5 Å². The number of nitrogens with two attached hydrogens (primary N) is 1. The second-order valence-electron chi connectivity index (χ2n) is 4.43. The predicted octanol–water partition coefficient (Wildman–Crippen LogP) is 1.04. The number of ether oxygens (including phenoxy) is 1. The second-order valence-corrected chi connectivity index (χ2v) is 4.43. The fourth-order valence-electron chi connectivity index (χ4n) is 2.00. The molecule has 0 aliphatic carbocycles. The molecule has 0 saturated carbocycles. The molecule has 1 unspecified atom stereocenters. The predicted molar refractivity (Wildman–Crippen MR) is 67.8 cm³/mol. The van der Waals surface area contributed by atoms with Gasteiger partial charge >= 0.3 is 0 Å². The summed E-state index contributed by atoms with van der Waals surface area (Å²) in [4.78, 5) is 2.25. The standard InChI is InChI=1S/C13H20N2O2/c1-2-13(14,16)11-4-3-5-12(10-11)15-6-8-17-9-7-15/h3-5,10,16H,2,6-9,14H2,1H3. The van der Waals surface area contributed by atoms with Crippen molar-refractivity contribution in [3.05, 3.63) is 29.8 Å². The van der Waals surface area contributed by atoms with Crippen LogP contribution in [0.25, 0.3) is 0 Å². The van der Waals surface area contributed by atoms with Crippen LogP contribution >= 0.6 is 0 Å². The zero-order valence-electron chi connectivity index (χ0n) is 10.2. The van der Waals surface area contributed by atoms with Gasteiger partial charge in [0.25, 0.3) is 0 Å². The van der Waals surface area contributed by atoms with E-state index in [1.165, 1.54) is 0 Å². The van der Waals surface area contributed by atoms with E-state index in [1.807, 2.05) is 31.2 Å². The van der Waals surface area contributed by atoms with E-state index in [0.29, 0.717) is 6.42 Å². The first-order valence-electron chi connectivity index (χ1n) is 6.08. The Bertz CT molecular complexity index is 373. The molecule has 0 radical (unpaired) electrons. The van der Waals surface area contributed by atoms with Crippen LogP contribution in [0.4, 0.5) is 5.69 Å². The number of nitrogens with zero attached hydrogens (tertiary/aromatic N) is 1. The molecule has 3 N–H and O–H groups in total. The van der Waals surface area contributed by atoms with Gasteiger partial charge in [-0.3, -0.25) is 5.73 Å². The molecule has 0 spiro atoms. The molecule has 2 rings (SSSR count). The van der Waals surface area contributed by atoms with Crippen molar-refractivity contribution >= 4 is 5.69 Å². The van der Waals surface area contributed by atoms with Gasteiger partial charge < -0.3 is 14.7 Å². The van der Waals surface area contributed by atoms with Crippen LogP contribution in [0.5, 0.6) is 0 Å². The third-order valence-electron chi connectivity index (χ3n) is 3.26. The SMILES string of the molecule is CCC(N)(O)c1cccc(N2CCOCC2)c1. The average molecular weight is 236 g/mol. The van der Waals surface area contributed by atoms with Crippen molar-refractivity contribution in [2.24, 2.45) is 5.73 Å². The van der Waals surface area contributed by atoms with Crippen molar-refractivity contribution in [3.8, 4) is 0 Å². The van der Waals surface area contributed by atoms with Gasteiger partial charge in [0.15, 0.2) is 0 Å². The lowest BCUT2D eigenvalue weighted by atomic mass is 10.0. The maximum absolute atomic E-state index is 10.1. The van der Waals surface area contributed by atoms with Crippen molar-refractivity contribution in [2.45, 2.75) is 19.1 Å². The van der Waals surface area contributed by atoms with Crippen LogP contribution in [0.15, 0.2) is 24.3 Å². The summed E-state index contributed by atoms with van der Waals surface area (Å²) in [6.07, 6.45) is 0.500. The van der Waals surface area contributed by atoms with Gasteiger partial charge in [0.2, 0.25) is 0 Å². The molecule has 0 aromatic heterocycles. The number of anilines is 1. The Hall–Kier alpha value is -1.10. The minimum Gasteiger partial charge on any atom is -0.378 e. The van der Waals surface area contributed by atoms with E-state index in [9.17, 15) is 5.11 Å². The van der Waals surface area contributed by atoms with Crippen molar-refractivity contribution in [2.75, 3.05) is 31.2 Å². The molecule has 17 heavy (non-hydrogen) atoms. The maximum Gasteiger partial charge on any atom is 0.139 e. The lowest BCUT2D eigenvalue weighted by molar-refractivity contribution is 0.0395. The Balaban J connectivity index is 2.21. The summed E-state index contributed by atoms with van der Waals surface area (Å²) in [5.74, 6) is 0. The molecule has 1 aromatic carbocycles. The highest BCUT2D eigenvalue weighted by atomic mass is 16.5. The van der Waals surface area contributed by atoms with Crippen molar-refractivity contribution < 1.29 is 9.84 Å². The van der Waals surface area contributed by atoms with E-state index in [0.717, 1.165) is 37.6 Å². The number of hydrogen-bond donors (Lipinski definition) is 2. The molecule has 1 heterocycles. The molecule has 1 aliphatic heterocycles. The highest BCUT2D eigenvalue weighted by molar-refractivity contribution is 5.49. The minimum absolute atomic E-state index is 0.500. The Morgan fingerprint density at radius 1 is 1.41 bits per heavy atom. The van der Waals surface area contributed by atoms with Crippen molar-refractivity contribution in [1.82, 2.24) is 0 Å². The monoisotopic (exact) mass is 236 g/mol. The van der Waals surface area contributed by atoms with E-state index >= 15 is 0 Å². The van der Waals surface area contributed by atoms with E-state index < -0.39 is 5.72 Å². The van der Waals surface area contributed by atoms with Crippen LogP contribution in [0.2, 0.25) is 0 Å². The summed E-state index contributed by atoms with van der Waals surface area (Å²) in [5.41, 5.74) is 6.48. The van der Waals surface area contributed by atoms with Crippen LogP contribution in [0.1, 0.15) is 18.9 Å². The Morgan fingerprint density at radius 2 is 2.12 bits per heavy atom. The van der Waals surface area contributed by atoms with Gasteiger partial charge in [-0.15, -0.1) is 0 Å². The molecule has 1 atom stereocenters. The first-order valence-corrected chi connectivity index (χ1v) is 6.08. The van der Waals surface area contributed by atoms with Crippen molar-refractivity contribution in [3.63, 3.8) is 0 Å². The van der Waals surface area contributed by atoms with Gasteiger partial charge in [0, 0.05) is 24.3 Å².